The maximum Gasteiger partial charge on any atom is 0.252 e. The molecule has 1 unspecified atom stereocenters. The van der Waals surface area contributed by atoms with E-state index in [0.717, 1.165) is 22.6 Å². The van der Waals surface area contributed by atoms with Gasteiger partial charge in [-0.1, -0.05) is 16.8 Å². The Kier molecular flexibility index (Phi) is 6.91. The first-order valence-electron chi connectivity index (χ1n) is 9.86. The molecule has 0 bridgehead atoms. The van der Waals surface area contributed by atoms with Crippen molar-refractivity contribution in [3.8, 4) is 0 Å². The summed E-state index contributed by atoms with van der Waals surface area (Å²) in [6.07, 6.45) is 2.61. The van der Waals surface area contributed by atoms with Gasteiger partial charge < -0.3 is 10.2 Å². The highest BCUT2D eigenvalue weighted by molar-refractivity contribution is 6.57. The van der Waals surface area contributed by atoms with Gasteiger partial charge in [0.15, 0.2) is 0 Å². The van der Waals surface area contributed by atoms with Crippen LogP contribution in [0.4, 0.5) is 8.78 Å². The molecule has 0 saturated carbocycles. The fourth-order valence-corrected chi connectivity index (χ4v) is 3.86. The van der Waals surface area contributed by atoms with E-state index in [0.29, 0.717) is 0 Å². The molecule has 2 aromatic rings. The van der Waals surface area contributed by atoms with Crippen molar-refractivity contribution in [2.75, 3.05) is 6.54 Å². The van der Waals surface area contributed by atoms with Crippen LogP contribution in [-0.2, 0) is 6.54 Å². The molecule has 2 heterocycles. The standard InChI is InChI=1S/C19H15B6ClF2N4O/c1-10-7-29-14(30-8-10)9-31-18(22,23)16(28)4-5-32(19(24,25)17(16,20)21)15(33)11-2-3-13(27)12(26)6-11/h2-3,6-8,31H,4-5,9H2,1H3. The normalized spacial score (nSPS) is 22.1. The van der Waals surface area contributed by atoms with E-state index in [1.165, 1.54) is 6.07 Å². The van der Waals surface area contributed by atoms with E-state index < -0.39 is 39.7 Å². The SMILES string of the molecule is [B]C([B])(NCc1ncc(C)cn1)C1(F)CCN(C(=O)c2ccc(F)c(Cl)c2)C([B])([B])C1([B])[B]. The van der Waals surface area contributed by atoms with E-state index in [-0.39, 0.29) is 29.5 Å². The summed E-state index contributed by atoms with van der Waals surface area (Å²) in [5, 5.41) is -5.12. The highest BCUT2D eigenvalue weighted by Gasteiger charge is 2.63. The van der Waals surface area contributed by atoms with Gasteiger partial charge in [0.1, 0.15) is 17.3 Å². The molecule has 1 saturated heterocycles. The van der Waals surface area contributed by atoms with E-state index in [4.69, 9.17) is 58.7 Å². The fourth-order valence-electron chi connectivity index (χ4n) is 3.68. The van der Waals surface area contributed by atoms with Crippen molar-refractivity contribution in [2.45, 2.75) is 41.4 Å². The molecule has 1 aliphatic heterocycles. The van der Waals surface area contributed by atoms with Gasteiger partial charge in [0, 0.05) is 24.5 Å². The third kappa shape index (κ3) is 4.39. The summed E-state index contributed by atoms with van der Waals surface area (Å²) in [6.45, 7) is 1.33. The number of alkyl halides is 1. The summed E-state index contributed by atoms with van der Waals surface area (Å²) in [4.78, 5) is 22.1. The van der Waals surface area contributed by atoms with Crippen LogP contribution in [0.1, 0.15) is 28.2 Å². The third-order valence-corrected chi connectivity index (χ3v) is 6.18. The second-order valence-corrected chi connectivity index (χ2v) is 8.64. The van der Waals surface area contributed by atoms with Crippen LogP contribution >= 0.6 is 11.6 Å². The molecule has 1 atom stereocenters. The van der Waals surface area contributed by atoms with Crippen LogP contribution in [0.25, 0.3) is 0 Å². The van der Waals surface area contributed by atoms with Gasteiger partial charge in [-0.2, -0.15) is 0 Å². The summed E-state index contributed by atoms with van der Waals surface area (Å²) < 4.78 is 29.9. The number of hydrogen-bond donors (Lipinski definition) is 1. The highest BCUT2D eigenvalue weighted by atomic mass is 35.5. The van der Waals surface area contributed by atoms with Crippen LogP contribution in [0.2, 0.25) is 10.2 Å². The number of amides is 1. The zero-order valence-corrected chi connectivity index (χ0v) is 18.6. The first-order valence-corrected chi connectivity index (χ1v) is 10.2. The zero-order chi connectivity index (χ0) is 24.8. The van der Waals surface area contributed by atoms with Crippen molar-refractivity contribution in [3.05, 3.63) is 58.4 Å². The van der Waals surface area contributed by atoms with Crippen LogP contribution in [0.3, 0.4) is 0 Å². The predicted octanol–water partition coefficient (Wildman–Crippen LogP) is 0.356. The topological polar surface area (TPSA) is 58.1 Å². The maximum atomic E-state index is 16.4. The third-order valence-electron chi connectivity index (χ3n) is 5.89. The van der Waals surface area contributed by atoms with Crippen molar-refractivity contribution in [1.29, 1.82) is 0 Å². The van der Waals surface area contributed by atoms with E-state index in [2.05, 4.69) is 15.3 Å². The molecule has 0 aliphatic carbocycles. The molecule has 12 radical (unpaired) electrons. The molecule has 3 rings (SSSR count). The van der Waals surface area contributed by atoms with Crippen LogP contribution in [0, 0.1) is 12.7 Å². The molecule has 1 N–H and O–H groups in total. The number of aryl methyl sites for hydroxylation is 1. The Morgan fingerprint density at radius 2 is 1.85 bits per heavy atom. The average molecular weight is 454 g/mol. The maximum absolute atomic E-state index is 16.4. The first kappa shape index (κ1) is 25.9. The zero-order valence-electron chi connectivity index (χ0n) is 17.9. The molecule has 14 heteroatoms. The minimum atomic E-state index is -2.80. The molecule has 5 nitrogen and oxygen atoms in total. The van der Waals surface area contributed by atoms with Crippen molar-refractivity contribution < 1.29 is 13.6 Å². The van der Waals surface area contributed by atoms with Gasteiger partial charge in [0.2, 0.25) is 0 Å². The van der Waals surface area contributed by atoms with E-state index >= 15 is 4.39 Å². The van der Waals surface area contributed by atoms with E-state index in [1.54, 1.807) is 19.3 Å². The van der Waals surface area contributed by atoms with Crippen molar-refractivity contribution in [1.82, 2.24) is 20.2 Å². The average Bonchev–Trinajstić information content (AvgIpc) is 2.73. The molecule has 1 aliphatic rings. The van der Waals surface area contributed by atoms with Crippen molar-refractivity contribution in [3.63, 3.8) is 0 Å². The summed E-state index contributed by atoms with van der Waals surface area (Å²) in [5.41, 5.74) is -2.03. The monoisotopic (exact) mass is 454 g/mol. The fraction of sp³-hybridized carbons (Fsp3) is 0.421. The van der Waals surface area contributed by atoms with Crippen molar-refractivity contribution >= 4 is 64.6 Å². The molecule has 0 spiro atoms. The lowest BCUT2D eigenvalue weighted by atomic mass is 9.23. The summed E-state index contributed by atoms with van der Waals surface area (Å²) in [7, 11) is 36.6. The molecule has 1 aromatic carbocycles. The number of hydrogen-bond acceptors (Lipinski definition) is 4. The molecule has 33 heavy (non-hydrogen) atoms. The number of likely N-dealkylation sites (tertiary alicyclic amines) is 1. The minimum Gasteiger partial charge on any atom is -0.351 e. The Hall–Kier alpha value is -1.73. The lowest BCUT2D eigenvalue weighted by molar-refractivity contribution is -0.00220. The number of piperidine rings is 1. The molecular weight excluding hydrogens is 439 g/mol. The number of nitrogens with one attached hydrogen (secondary N) is 1. The number of aromatic nitrogens is 2. The van der Waals surface area contributed by atoms with Gasteiger partial charge >= 0.3 is 0 Å². The summed E-state index contributed by atoms with van der Waals surface area (Å²) in [5.74, 6) is -1.23. The number of carbonyl (C=O) groups excluding carboxylic acids is 1. The van der Waals surface area contributed by atoms with Crippen LogP contribution in [-0.4, -0.2) is 90.7 Å². The Morgan fingerprint density at radius 3 is 2.42 bits per heavy atom. The molecule has 1 fully saturated rings. The van der Waals surface area contributed by atoms with Gasteiger partial charge in [0.25, 0.3) is 5.91 Å². The van der Waals surface area contributed by atoms with Gasteiger partial charge in [-0.25, -0.2) is 18.7 Å². The lowest BCUT2D eigenvalue weighted by Gasteiger charge is -2.66. The van der Waals surface area contributed by atoms with Gasteiger partial charge in [-0.3, -0.25) is 4.79 Å². The van der Waals surface area contributed by atoms with Crippen LogP contribution < -0.4 is 5.32 Å². The molecule has 1 amide bonds. The van der Waals surface area contributed by atoms with Crippen LogP contribution in [0.5, 0.6) is 0 Å². The Morgan fingerprint density at radius 1 is 1.24 bits per heavy atom. The van der Waals surface area contributed by atoms with Gasteiger partial charge in [0.05, 0.1) is 58.6 Å². The summed E-state index contributed by atoms with van der Waals surface area (Å²) >= 11 is 5.75. The lowest BCUT2D eigenvalue weighted by Crippen LogP contribution is -2.78. The largest absolute Gasteiger partial charge is 0.351 e. The quantitative estimate of drug-likeness (QED) is 0.664. The Bertz CT molecular complexity index is 1060. The van der Waals surface area contributed by atoms with Crippen molar-refractivity contribution in [2.24, 2.45) is 0 Å². The number of halogens is 3. The molecule has 1 aromatic heterocycles. The number of nitrogens with zero attached hydrogens (tertiary/aromatic N) is 3. The highest BCUT2D eigenvalue weighted by Crippen LogP contribution is 2.54. The predicted molar refractivity (Wildman–Crippen MR) is 127 cm³/mol. The number of carbonyl (C=O) groups is 1. The molecular formula is C19H15B6ClF2N4O. The molecule has 156 valence electrons. The minimum absolute atomic E-state index is 0.0507. The summed E-state index contributed by atoms with van der Waals surface area (Å²) in [6, 6.07) is 3.25. The van der Waals surface area contributed by atoms with E-state index in [9.17, 15) is 9.18 Å². The first-order chi connectivity index (χ1) is 15.1. The Labute approximate surface area is 204 Å². The Balaban J connectivity index is 1.87. The van der Waals surface area contributed by atoms with E-state index in [1.807, 2.05) is 0 Å². The van der Waals surface area contributed by atoms with Gasteiger partial charge in [-0.15, -0.1) is 0 Å². The smallest absolute Gasteiger partial charge is 0.252 e. The van der Waals surface area contributed by atoms with Crippen LogP contribution in [0.15, 0.2) is 30.6 Å². The number of benzene rings is 1. The van der Waals surface area contributed by atoms with Gasteiger partial charge in [-0.05, 0) is 47.8 Å². The second-order valence-electron chi connectivity index (χ2n) is 8.23. The number of rotatable bonds is 5. The second kappa shape index (κ2) is 8.80.